The molecule has 0 atom stereocenters. The first-order valence-corrected chi connectivity index (χ1v) is 6.04. The minimum Gasteiger partial charge on any atom is -0.496 e. The normalized spacial score (nSPS) is 10.6. The number of carbonyl (C=O) groups is 1. The van der Waals surface area contributed by atoms with Crippen LogP contribution in [0.2, 0.25) is 0 Å². The van der Waals surface area contributed by atoms with Crippen LogP contribution in [-0.2, 0) is 0 Å². The second-order valence-corrected chi connectivity index (χ2v) is 4.04. The molecule has 2 aromatic rings. The van der Waals surface area contributed by atoms with Gasteiger partial charge >= 0.3 is 0 Å². The van der Waals surface area contributed by atoms with Gasteiger partial charge < -0.3 is 4.74 Å². The van der Waals surface area contributed by atoms with Crippen molar-refractivity contribution in [2.75, 3.05) is 7.11 Å². The largest absolute Gasteiger partial charge is 0.496 e. The first-order chi connectivity index (χ1) is 10.1. The fraction of sp³-hybridized carbons (Fsp3) is 0.0667. The van der Waals surface area contributed by atoms with Crippen LogP contribution in [0.3, 0.4) is 0 Å². The van der Waals surface area contributed by atoms with Gasteiger partial charge in [0.25, 0.3) is 5.91 Å². The SMILES string of the molecule is COc1ccccc1C(=O)NN=Cc1cccc(F)c1F. The topological polar surface area (TPSA) is 50.7 Å². The van der Waals surface area contributed by atoms with E-state index in [1.807, 2.05) is 0 Å². The Morgan fingerprint density at radius 2 is 1.95 bits per heavy atom. The van der Waals surface area contributed by atoms with Crippen LogP contribution in [0.1, 0.15) is 15.9 Å². The van der Waals surface area contributed by atoms with E-state index in [1.165, 1.54) is 19.2 Å². The van der Waals surface area contributed by atoms with Gasteiger partial charge in [0.15, 0.2) is 11.6 Å². The molecule has 0 heterocycles. The molecule has 0 unspecified atom stereocenters. The summed E-state index contributed by atoms with van der Waals surface area (Å²) >= 11 is 0. The van der Waals surface area contributed by atoms with E-state index in [1.54, 1.807) is 24.3 Å². The number of rotatable bonds is 4. The lowest BCUT2D eigenvalue weighted by Crippen LogP contribution is -2.18. The Hall–Kier alpha value is -2.76. The zero-order valence-corrected chi connectivity index (χ0v) is 11.1. The second-order valence-electron chi connectivity index (χ2n) is 4.04. The summed E-state index contributed by atoms with van der Waals surface area (Å²) in [5.74, 6) is -2.12. The fourth-order valence-electron chi connectivity index (χ4n) is 1.67. The van der Waals surface area contributed by atoms with Crippen molar-refractivity contribution in [3.05, 3.63) is 65.2 Å². The van der Waals surface area contributed by atoms with Crippen molar-refractivity contribution in [3.8, 4) is 5.75 Å². The van der Waals surface area contributed by atoms with E-state index in [0.717, 1.165) is 12.3 Å². The number of ether oxygens (including phenoxy) is 1. The third kappa shape index (κ3) is 3.42. The predicted octanol–water partition coefficient (Wildman–Crippen LogP) is 2.74. The maximum atomic E-state index is 13.4. The first-order valence-electron chi connectivity index (χ1n) is 6.04. The van der Waals surface area contributed by atoms with Gasteiger partial charge in [0.2, 0.25) is 0 Å². The van der Waals surface area contributed by atoms with E-state index in [2.05, 4.69) is 10.5 Å². The number of nitrogens with zero attached hydrogens (tertiary/aromatic N) is 1. The van der Waals surface area contributed by atoms with E-state index in [4.69, 9.17) is 4.74 Å². The van der Waals surface area contributed by atoms with Crippen LogP contribution < -0.4 is 10.2 Å². The molecule has 21 heavy (non-hydrogen) atoms. The van der Waals surface area contributed by atoms with E-state index in [0.29, 0.717) is 5.75 Å². The van der Waals surface area contributed by atoms with Gasteiger partial charge in [0.05, 0.1) is 18.9 Å². The Bertz CT molecular complexity index is 687. The molecule has 0 saturated carbocycles. The zero-order valence-electron chi connectivity index (χ0n) is 11.1. The molecule has 0 aliphatic rings. The maximum Gasteiger partial charge on any atom is 0.275 e. The molecular formula is C15H12F2N2O2. The van der Waals surface area contributed by atoms with Gasteiger partial charge in [-0.3, -0.25) is 4.79 Å². The number of carbonyl (C=O) groups excluding carboxylic acids is 1. The van der Waals surface area contributed by atoms with E-state index >= 15 is 0 Å². The molecule has 2 rings (SSSR count). The molecule has 4 nitrogen and oxygen atoms in total. The smallest absolute Gasteiger partial charge is 0.275 e. The van der Waals surface area contributed by atoms with Crippen molar-refractivity contribution in [1.82, 2.24) is 5.43 Å². The molecule has 2 aromatic carbocycles. The van der Waals surface area contributed by atoms with Crippen LogP contribution in [0, 0.1) is 11.6 Å². The first kappa shape index (κ1) is 14.6. The summed E-state index contributed by atoms with van der Waals surface area (Å²) in [4.78, 5) is 11.9. The van der Waals surface area contributed by atoms with Crippen molar-refractivity contribution in [2.45, 2.75) is 0 Å². The Morgan fingerprint density at radius 3 is 2.71 bits per heavy atom. The van der Waals surface area contributed by atoms with Crippen LogP contribution >= 0.6 is 0 Å². The van der Waals surface area contributed by atoms with E-state index in [9.17, 15) is 13.6 Å². The van der Waals surface area contributed by atoms with Gasteiger partial charge in [0.1, 0.15) is 5.75 Å². The fourth-order valence-corrected chi connectivity index (χ4v) is 1.67. The van der Waals surface area contributed by atoms with Crippen molar-refractivity contribution in [1.29, 1.82) is 0 Å². The van der Waals surface area contributed by atoms with Crippen molar-refractivity contribution >= 4 is 12.1 Å². The van der Waals surface area contributed by atoms with E-state index < -0.39 is 17.5 Å². The monoisotopic (exact) mass is 290 g/mol. The minimum atomic E-state index is -1.02. The molecule has 6 heteroatoms. The molecule has 108 valence electrons. The Kier molecular flexibility index (Phi) is 4.61. The summed E-state index contributed by atoms with van der Waals surface area (Å²) in [5, 5.41) is 3.61. The molecule has 0 aliphatic carbocycles. The number of halogens is 2. The summed E-state index contributed by atoms with van der Waals surface area (Å²) < 4.78 is 31.4. The Balaban J connectivity index is 2.10. The molecule has 0 aromatic heterocycles. The molecule has 0 bridgehead atoms. The summed E-state index contributed by atoms with van der Waals surface area (Å²) in [6, 6.07) is 10.3. The summed E-state index contributed by atoms with van der Waals surface area (Å²) in [5.41, 5.74) is 2.46. The maximum absolute atomic E-state index is 13.4. The number of methoxy groups -OCH3 is 1. The average Bonchev–Trinajstić information content (AvgIpc) is 2.51. The van der Waals surface area contributed by atoms with Gasteiger partial charge in [0, 0.05) is 5.56 Å². The number of benzene rings is 2. The third-order valence-corrected chi connectivity index (χ3v) is 2.70. The summed E-state index contributed by atoms with van der Waals surface area (Å²) in [7, 11) is 1.44. The van der Waals surface area contributed by atoms with Gasteiger partial charge in [-0.25, -0.2) is 14.2 Å². The van der Waals surface area contributed by atoms with Gasteiger partial charge in [-0.15, -0.1) is 0 Å². The molecule has 0 saturated heterocycles. The molecule has 1 amide bonds. The molecule has 1 N–H and O–H groups in total. The lowest BCUT2D eigenvalue weighted by molar-refractivity contribution is 0.0952. The highest BCUT2D eigenvalue weighted by Crippen LogP contribution is 2.16. The van der Waals surface area contributed by atoms with Crippen molar-refractivity contribution in [2.24, 2.45) is 5.10 Å². The predicted molar refractivity (Wildman–Crippen MR) is 74.4 cm³/mol. The molecule has 0 spiro atoms. The lowest BCUT2D eigenvalue weighted by Gasteiger charge is -2.06. The summed E-state index contributed by atoms with van der Waals surface area (Å²) in [6.45, 7) is 0. The summed E-state index contributed by atoms with van der Waals surface area (Å²) in [6.07, 6.45) is 1.03. The van der Waals surface area contributed by atoms with Gasteiger partial charge in [-0.1, -0.05) is 24.3 Å². The molecule has 0 aliphatic heterocycles. The highest BCUT2D eigenvalue weighted by atomic mass is 19.2. The second kappa shape index (κ2) is 6.60. The number of hydrogen-bond donors (Lipinski definition) is 1. The number of nitrogens with one attached hydrogen (secondary N) is 1. The zero-order chi connectivity index (χ0) is 15.2. The van der Waals surface area contributed by atoms with E-state index in [-0.39, 0.29) is 11.1 Å². The number of para-hydroxylation sites is 1. The van der Waals surface area contributed by atoms with Crippen LogP contribution in [0.5, 0.6) is 5.75 Å². The van der Waals surface area contributed by atoms with Crippen LogP contribution in [0.4, 0.5) is 8.78 Å². The van der Waals surface area contributed by atoms with Crippen LogP contribution in [-0.4, -0.2) is 19.2 Å². The Labute approximate surface area is 120 Å². The molecule has 0 radical (unpaired) electrons. The molecular weight excluding hydrogens is 278 g/mol. The van der Waals surface area contributed by atoms with Crippen LogP contribution in [0.15, 0.2) is 47.6 Å². The molecule has 0 fully saturated rings. The number of amides is 1. The van der Waals surface area contributed by atoms with Gasteiger partial charge in [-0.2, -0.15) is 5.10 Å². The highest BCUT2D eigenvalue weighted by Gasteiger charge is 2.10. The number of hydrogen-bond acceptors (Lipinski definition) is 3. The standard InChI is InChI=1S/C15H12F2N2O2/c1-21-13-8-3-2-6-11(13)15(20)19-18-9-10-5-4-7-12(16)14(10)17/h2-9H,1H3,(H,19,20). The minimum absolute atomic E-state index is 0.0599. The van der Waals surface area contributed by atoms with Crippen molar-refractivity contribution in [3.63, 3.8) is 0 Å². The van der Waals surface area contributed by atoms with Crippen molar-refractivity contribution < 1.29 is 18.3 Å². The number of hydrazone groups is 1. The highest BCUT2D eigenvalue weighted by molar-refractivity contribution is 5.97. The lowest BCUT2D eigenvalue weighted by atomic mass is 10.2. The van der Waals surface area contributed by atoms with Gasteiger partial charge in [-0.05, 0) is 18.2 Å². The Morgan fingerprint density at radius 1 is 1.19 bits per heavy atom. The third-order valence-electron chi connectivity index (χ3n) is 2.70. The quantitative estimate of drug-likeness (QED) is 0.695. The van der Waals surface area contributed by atoms with Crippen LogP contribution in [0.25, 0.3) is 0 Å². The average molecular weight is 290 g/mol.